The van der Waals surface area contributed by atoms with Crippen molar-refractivity contribution in [3.8, 4) is 0 Å². The Morgan fingerprint density at radius 3 is 2.62 bits per heavy atom. The van der Waals surface area contributed by atoms with Crippen LogP contribution in [0.3, 0.4) is 0 Å². The Labute approximate surface area is 126 Å². The lowest BCUT2D eigenvalue weighted by molar-refractivity contribution is 0.0955. The van der Waals surface area contributed by atoms with E-state index >= 15 is 0 Å². The molecule has 0 unspecified atom stereocenters. The Balaban J connectivity index is 2.76. The van der Waals surface area contributed by atoms with Crippen LogP contribution in [0.1, 0.15) is 15.9 Å². The standard InChI is InChI=1S/C13H16N4O3S/c1-7-8(11(18)14-4-5-21)6-15-10-9(7)12(19)17(3)13(20)16(10)2/h6,21H,4-5H2,1-3H3,(H,14,18). The Morgan fingerprint density at radius 1 is 1.33 bits per heavy atom. The predicted molar refractivity (Wildman–Crippen MR) is 83.1 cm³/mol. The largest absolute Gasteiger partial charge is 0.351 e. The number of nitrogens with zero attached hydrogens (tertiary/aromatic N) is 3. The molecule has 0 saturated carbocycles. The Kier molecular flexibility index (Phi) is 4.17. The summed E-state index contributed by atoms with van der Waals surface area (Å²) in [5.74, 6) is 0.203. The summed E-state index contributed by atoms with van der Waals surface area (Å²) in [7, 11) is 2.94. The van der Waals surface area contributed by atoms with E-state index < -0.39 is 11.2 Å². The first-order valence-corrected chi connectivity index (χ1v) is 6.97. The number of rotatable bonds is 3. The summed E-state index contributed by atoms with van der Waals surface area (Å²) < 4.78 is 2.30. The molecule has 0 saturated heterocycles. The smallest absolute Gasteiger partial charge is 0.332 e. The van der Waals surface area contributed by atoms with Crippen molar-refractivity contribution in [1.29, 1.82) is 0 Å². The number of hydrogen-bond donors (Lipinski definition) is 2. The van der Waals surface area contributed by atoms with Crippen LogP contribution < -0.4 is 16.6 Å². The number of pyridine rings is 1. The van der Waals surface area contributed by atoms with Gasteiger partial charge in [-0.1, -0.05) is 0 Å². The summed E-state index contributed by atoms with van der Waals surface area (Å²) in [6, 6.07) is 0. The first-order chi connectivity index (χ1) is 9.90. The van der Waals surface area contributed by atoms with Crippen LogP contribution in [0.2, 0.25) is 0 Å². The number of aryl methyl sites for hydroxylation is 2. The van der Waals surface area contributed by atoms with Crippen molar-refractivity contribution in [1.82, 2.24) is 19.4 Å². The maximum absolute atomic E-state index is 12.3. The quantitative estimate of drug-likeness (QED) is 0.756. The van der Waals surface area contributed by atoms with Gasteiger partial charge in [-0.25, -0.2) is 9.78 Å². The van der Waals surface area contributed by atoms with Gasteiger partial charge in [-0.15, -0.1) is 0 Å². The summed E-state index contributed by atoms with van der Waals surface area (Å²) in [4.78, 5) is 40.3. The molecular formula is C13H16N4O3S. The highest BCUT2D eigenvalue weighted by Gasteiger charge is 2.17. The summed E-state index contributed by atoms with van der Waals surface area (Å²) in [6.07, 6.45) is 1.38. The van der Waals surface area contributed by atoms with Gasteiger partial charge in [0, 0.05) is 32.6 Å². The topological polar surface area (TPSA) is 86.0 Å². The van der Waals surface area contributed by atoms with Crippen molar-refractivity contribution in [3.63, 3.8) is 0 Å². The summed E-state index contributed by atoms with van der Waals surface area (Å²) in [5.41, 5.74) is 0.188. The number of nitrogens with one attached hydrogen (secondary N) is 1. The molecule has 0 atom stereocenters. The van der Waals surface area contributed by atoms with E-state index in [2.05, 4.69) is 22.9 Å². The summed E-state index contributed by atoms with van der Waals surface area (Å²) in [6.45, 7) is 2.09. The molecule has 0 aliphatic carbocycles. The average Bonchev–Trinajstić information content (AvgIpc) is 2.48. The molecule has 112 valence electrons. The first kappa shape index (κ1) is 15.3. The average molecular weight is 308 g/mol. The van der Waals surface area contributed by atoms with E-state index in [0.29, 0.717) is 23.4 Å². The minimum atomic E-state index is -0.457. The van der Waals surface area contributed by atoms with Gasteiger partial charge in [-0.05, 0) is 12.5 Å². The first-order valence-electron chi connectivity index (χ1n) is 6.34. The number of amides is 1. The molecule has 7 nitrogen and oxygen atoms in total. The zero-order chi connectivity index (χ0) is 15.7. The molecule has 0 bridgehead atoms. The zero-order valence-electron chi connectivity index (χ0n) is 12.0. The molecule has 21 heavy (non-hydrogen) atoms. The van der Waals surface area contributed by atoms with Crippen molar-refractivity contribution in [2.24, 2.45) is 14.1 Å². The fourth-order valence-corrected chi connectivity index (χ4v) is 2.28. The number of thiol groups is 1. The molecule has 1 N–H and O–H groups in total. The predicted octanol–water partition coefficient (Wildman–Crippen LogP) is -0.400. The van der Waals surface area contributed by atoms with Crippen molar-refractivity contribution < 1.29 is 4.79 Å². The zero-order valence-corrected chi connectivity index (χ0v) is 12.9. The Morgan fingerprint density at radius 2 is 2.00 bits per heavy atom. The van der Waals surface area contributed by atoms with Crippen LogP contribution in [0, 0.1) is 6.92 Å². The van der Waals surface area contributed by atoms with Crippen LogP contribution in [0.25, 0.3) is 11.0 Å². The van der Waals surface area contributed by atoms with Crippen LogP contribution in [0.15, 0.2) is 15.8 Å². The van der Waals surface area contributed by atoms with Gasteiger partial charge in [0.05, 0.1) is 10.9 Å². The van der Waals surface area contributed by atoms with Crippen molar-refractivity contribution in [2.45, 2.75) is 6.92 Å². The Bertz CT molecular complexity index is 838. The van der Waals surface area contributed by atoms with Crippen molar-refractivity contribution in [2.75, 3.05) is 12.3 Å². The van der Waals surface area contributed by atoms with Crippen LogP contribution in [0.5, 0.6) is 0 Å². The molecule has 2 aromatic heterocycles. The van der Waals surface area contributed by atoms with Crippen LogP contribution in [-0.2, 0) is 14.1 Å². The van der Waals surface area contributed by atoms with E-state index in [1.54, 1.807) is 6.92 Å². The third-order valence-corrected chi connectivity index (χ3v) is 3.59. The van der Waals surface area contributed by atoms with Gasteiger partial charge < -0.3 is 5.32 Å². The highest BCUT2D eigenvalue weighted by molar-refractivity contribution is 7.80. The number of hydrogen-bond acceptors (Lipinski definition) is 5. The van der Waals surface area contributed by atoms with Gasteiger partial charge >= 0.3 is 5.69 Å². The van der Waals surface area contributed by atoms with E-state index in [1.165, 1.54) is 24.9 Å². The molecule has 0 fully saturated rings. The summed E-state index contributed by atoms with van der Waals surface area (Å²) in [5, 5.41) is 2.96. The third-order valence-electron chi connectivity index (χ3n) is 3.37. The van der Waals surface area contributed by atoms with Gasteiger partial charge in [0.2, 0.25) is 0 Å². The minimum Gasteiger partial charge on any atom is -0.351 e. The maximum atomic E-state index is 12.3. The highest BCUT2D eigenvalue weighted by Crippen LogP contribution is 2.15. The molecule has 0 radical (unpaired) electrons. The van der Waals surface area contributed by atoms with Crippen molar-refractivity contribution >= 4 is 29.6 Å². The van der Waals surface area contributed by atoms with Gasteiger partial charge in [0.15, 0.2) is 0 Å². The van der Waals surface area contributed by atoms with Crippen LogP contribution in [-0.4, -0.2) is 32.3 Å². The second kappa shape index (κ2) is 5.72. The number of carbonyl (C=O) groups excluding carboxylic acids is 1. The molecule has 0 aliphatic heterocycles. The third kappa shape index (κ3) is 2.46. The number of aromatic nitrogens is 3. The summed E-state index contributed by atoms with van der Waals surface area (Å²) >= 11 is 4.03. The fraction of sp³-hybridized carbons (Fsp3) is 0.385. The molecule has 2 heterocycles. The van der Waals surface area contributed by atoms with E-state index in [0.717, 1.165) is 4.57 Å². The lowest BCUT2D eigenvalue weighted by atomic mass is 10.1. The molecule has 2 rings (SSSR count). The lowest BCUT2D eigenvalue weighted by Gasteiger charge is -2.11. The molecular weight excluding hydrogens is 292 g/mol. The molecule has 0 aliphatic rings. The highest BCUT2D eigenvalue weighted by atomic mass is 32.1. The van der Waals surface area contributed by atoms with Crippen LogP contribution in [0.4, 0.5) is 0 Å². The fourth-order valence-electron chi connectivity index (χ4n) is 2.16. The van der Waals surface area contributed by atoms with E-state index in [1.807, 2.05) is 0 Å². The normalized spacial score (nSPS) is 10.9. The second-order valence-corrected chi connectivity index (χ2v) is 5.13. The number of carbonyl (C=O) groups is 1. The SMILES string of the molecule is Cc1c(C(=O)NCCS)cnc2c1c(=O)n(C)c(=O)n2C. The molecule has 2 aromatic rings. The molecule has 8 heteroatoms. The van der Waals surface area contributed by atoms with Gasteiger partial charge in [0.25, 0.3) is 11.5 Å². The van der Waals surface area contributed by atoms with Crippen LogP contribution >= 0.6 is 12.6 Å². The molecule has 0 aromatic carbocycles. The van der Waals surface area contributed by atoms with E-state index in [-0.39, 0.29) is 16.9 Å². The van der Waals surface area contributed by atoms with Gasteiger partial charge in [0.1, 0.15) is 5.65 Å². The number of fused-ring (bicyclic) bond motifs is 1. The van der Waals surface area contributed by atoms with E-state index in [9.17, 15) is 14.4 Å². The van der Waals surface area contributed by atoms with Crippen molar-refractivity contribution in [3.05, 3.63) is 38.2 Å². The monoisotopic (exact) mass is 308 g/mol. The molecule has 1 amide bonds. The van der Waals surface area contributed by atoms with Gasteiger partial charge in [-0.2, -0.15) is 12.6 Å². The second-order valence-electron chi connectivity index (χ2n) is 4.68. The van der Waals surface area contributed by atoms with E-state index in [4.69, 9.17) is 0 Å². The minimum absolute atomic E-state index is 0.270. The van der Waals surface area contributed by atoms with Gasteiger partial charge in [-0.3, -0.25) is 18.7 Å². The Hall–Kier alpha value is -2.09. The molecule has 0 spiro atoms. The lowest BCUT2D eigenvalue weighted by Crippen LogP contribution is -2.38. The maximum Gasteiger partial charge on any atom is 0.332 e.